The number of carbonyl (C=O) groups is 2. The molecule has 0 radical (unpaired) electrons. The number of amides is 2. The van der Waals surface area contributed by atoms with Crippen LogP contribution in [0.3, 0.4) is 0 Å². The molecule has 1 aliphatic heterocycles. The molecule has 2 aromatic rings. The second kappa shape index (κ2) is 11.1. The van der Waals surface area contributed by atoms with Crippen LogP contribution in [0.15, 0.2) is 48.7 Å². The summed E-state index contributed by atoms with van der Waals surface area (Å²) in [6, 6.07) is 13.4. The van der Waals surface area contributed by atoms with Crippen molar-refractivity contribution in [2.45, 2.75) is 51.4 Å². The number of anilines is 1. The number of piperidine rings is 1. The van der Waals surface area contributed by atoms with Crippen LogP contribution in [0.2, 0.25) is 0 Å². The fourth-order valence-electron chi connectivity index (χ4n) is 4.68. The lowest BCUT2D eigenvalue weighted by atomic mass is 9.90. The number of ether oxygens (including phenoxy) is 1. The smallest absolute Gasteiger partial charge is 0.230 e. The lowest BCUT2D eigenvalue weighted by Gasteiger charge is -2.32. The number of carbonyl (C=O) groups excluding carboxylic acids is 2. The number of likely N-dealkylation sites (tertiary alicyclic amines) is 1. The molecule has 0 spiro atoms. The highest BCUT2D eigenvalue weighted by atomic mass is 16.5. The average molecular weight is 436 g/mol. The first-order valence-electron chi connectivity index (χ1n) is 11.9. The molecule has 1 saturated carbocycles. The van der Waals surface area contributed by atoms with Gasteiger partial charge in [-0.25, -0.2) is 4.98 Å². The first kappa shape index (κ1) is 22.3. The molecule has 1 atom stereocenters. The van der Waals surface area contributed by atoms with E-state index in [-0.39, 0.29) is 17.7 Å². The van der Waals surface area contributed by atoms with Crippen LogP contribution in [-0.4, -0.2) is 41.4 Å². The third-order valence-electron chi connectivity index (χ3n) is 6.55. The van der Waals surface area contributed by atoms with E-state index in [2.05, 4.69) is 10.3 Å². The molecule has 2 fully saturated rings. The number of pyridine rings is 1. The molecule has 170 valence electrons. The van der Waals surface area contributed by atoms with Gasteiger partial charge >= 0.3 is 0 Å². The number of rotatable bonds is 7. The van der Waals surface area contributed by atoms with Crippen LogP contribution in [0.25, 0.3) is 0 Å². The Morgan fingerprint density at radius 3 is 2.62 bits per heavy atom. The van der Waals surface area contributed by atoms with Gasteiger partial charge in [0.05, 0.1) is 18.9 Å². The fraction of sp³-hybridized carbons (Fsp3) is 0.500. The summed E-state index contributed by atoms with van der Waals surface area (Å²) in [7, 11) is 0. The fourth-order valence-corrected chi connectivity index (χ4v) is 4.68. The molecule has 1 unspecified atom stereocenters. The van der Waals surface area contributed by atoms with Crippen LogP contribution in [0, 0.1) is 11.8 Å². The monoisotopic (exact) mass is 435 g/mol. The normalized spacial score (nSPS) is 19.4. The molecule has 2 amide bonds. The molecule has 1 N–H and O–H groups in total. The molecule has 0 bridgehead atoms. The summed E-state index contributed by atoms with van der Waals surface area (Å²) in [4.78, 5) is 31.9. The van der Waals surface area contributed by atoms with E-state index >= 15 is 0 Å². The third kappa shape index (κ3) is 6.09. The number of hydrogen-bond acceptors (Lipinski definition) is 4. The minimum atomic E-state index is -0.239. The lowest BCUT2D eigenvalue weighted by molar-refractivity contribution is -0.133. The van der Waals surface area contributed by atoms with Gasteiger partial charge < -0.3 is 15.0 Å². The molecular formula is C26H33N3O3. The topological polar surface area (TPSA) is 71.5 Å². The SMILES string of the molecule is O=C(Nc1ncccc1OCC1CCCCC1)C1CCCN(C(=O)Cc2ccccc2)C1. The van der Waals surface area contributed by atoms with Crippen LogP contribution in [0.5, 0.6) is 5.75 Å². The number of hydrogen-bond donors (Lipinski definition) is 1. The van der Waals surface area contributed by atoms with E-state index in [0.29, 0.717) is 43.6 Å². The Morgan fingerprint density at radius 1 is 1.00 bits per heavy atom. The first-order chi connectivity index (χ1) is 15.7. The summed E-state index contributed by atoms with van der Waals surface area (Å²) in [6.07, 6.45) is 9.90. The second-order valence-corrected chi connectivity index (χ2v) is 9.00. The van der Waals surface area contributed by atoms with Gasteiger partial charge in [-0.1, -0.05) is 49.6 Å². The highest BCUT2D eigenvalue weighted by molar-refractivity contribution is 5.93. The summed E-state index contributed by atoms with van der Waals surface area (Å²) in [5.41, 5.74) is 0.998. The molecule has 6 nitrogen and oxygen atoms in total. The summed E-state index contributed by atoms with van der Waals surface area (Å²) in [5.74, 6) is 1.42. The van der Waals surface area contributed by atoms with Crippen molar-refractivity contribution < 1.29 is 14.3 Å². The maximum Gasteiger partial charge on any atom is 0.230 e. The first-order valence-corrected chi connectivity index (χ1v) is 11.9. The van der Waals surface area contributed by atoms with E-state index in [9.17, 15) is 9.59 Å². The van der Waals surface area contributed by atoms with Crippen LogP contribution in [0.1, 0.15) is 50.5 Å². The number of nitrogens with zero attached hydrogens (tertiary/aromatic N) is 2. The Balaban J connectivity index is 1.32. The van der Waals surface area contributed by atoms with Crippen LogP contribution >= 0.6 is 0 Å². The standard InChI is InChI=1S/C26H33N3O3/c30-24(17-20-9-3-1-4-10-20)29-16-8-13-22(18-29)26(31)28-25-23(14-7-15-27-25)32-19-21-11-5-2-6-12-21/h1,3-4,7,9-10,14-15,21-22H,2,5-6,8,11-13,16-19H2,(H,27,28,31). The van der Waals surface area contributed by atoms with Gasteiger partial charge in [-0.3, -0.25) is 9.59 Å². The number of nitrogens with one attached hydrogen (secondary N) is 1. The molecule has 2 heterocycles. The molecule has 32 heavy (non-hydrogen) atoms. The molecule has 4 rings (SSSR count). The molecule has 1 saturated heterocycles. The van der Waals surface area contributed by atoms with Gasteiger partial charge in [-0.15, -0.1) is 0 Å². The van der Waals surface area contributed by atoms with Gasteiger partial charge in [0.1, 0.15) is 0 Å². The molecule has 2 aliphatic rings. The van der Waals surface area contributed by atoms with Crippen molar-refractivity contribution in [2.24, 2.45) is 11.8 Å². The van der Waals surface area contributed by atoms with E-state index in [1.165, 1.54) is 32.1 Å². The Hall–Kier alpha value is -2.89. The van der Waals surface area contributed by atoms with Gasteiger partial charge in [0.15, 0.2) is 11.6 Å². The zero-order chi connectivity index (χ0) is 22.2. The van der Waals surface area contributed by atoms with Crippen molar-refractivity contribution in [1.29, 1.82) is 0 Å². The van der Waals surface area contributed by atoms with Crippen LogP contribution in [-0.2, 0) is 16.0 Å². The van der Waals surface area contributed by atoms with Gasteiger partial charge in [0.25, 0.3) is 0 Å². The molecule has 1 aliphatic carbocycles. The second-order valence-electron chi connectivity index (χ2n) is 9.00. The van der Waals surface area contributed by atoms with E-state index in [1.54, 1.807) is 6.20 Å². The highest BCUT2D eigenvalue weighted by Crippen LogP contribution is 2.28. The van der Waals surface area contributed by atoms with E-state index < -0.39 is 0 Å². The van der Waals surface area contributed by atoms with E-state index in [4.69, 9.17) is 4.74 Å². The van der Waals surface area contributed by atoms with Gasteiger partial charge in [-0.05, 0) is 49.3 Å². The summed E-state index contributed by atoms with van der Waals surface area (Å²) in [5, 5.41) is 2.96. The number of aromatic nitrogens is 1. The predicted octanol–water partition coefficient (Wildman–Crippen LogP) is 4.46. The summed E-state index contributed by atoms with van der Waals surface area (Å²) >= 11 is 0. The highest BCUT2D eigenvalue weighted by Gasteiger charge is 2.29. The zero-order valence-corrected chi connectivity index (χ0v) is 18.7. The lowest BCUT2D eigenvalue weighted by Crippen LogP contribution is -2.44. The summed E-state index contributed by atoms with van der Waals surface area (Å²) in [6.45, 7) is 1.82. The molecule has 1 aromatic carbocycles. The molecule has 6 heteroatoms. The average Bonchev–Trinajstić information content (AvgIpc) is 2.85. The summed E-state index contributed by atoms with van der Waals surface area (Å²) < 4.78 is 6.05. The molecular weight excluding hydrogens is 402 g/mol. The zero-order valence-electron chi connectivity index (χ0n) is 18.7. The van der Waals surface area contributed by atoms with Crippen molar-refractivity contribution in [3.05, 3.63) is 54.2 Å². The van der Waals surface area contributed by atoms with Crippen molar-refractivity contribution in [3.63, 3.8) is 0 Å². The van der Waals surface area contributed by atoms with Crippen LogP contribution in [0.4, 0.5) is 5.82 Å². The minimum absolute atomic E-state index is 0.0723. The third-order valence-corrected chi connectivity index (χ3v) is 6.55. The van der Waals surface area contributed by atoms with Crippen LogP contribution < -0.4 is 10.1 Å². The van der Waals surface area contributed by atoms with Gasteiger partial charge in [0, 0.05) is 19.3 Å². The molecule has 1 aromatic heterocycles. The van der Waals surface area contributed by atoms with Gasteiger partial charge in [-0.2, -0.15) is 0 Å². The van der Waals surface area contributed by atoms with Crippen molar-refractivity contribution in [3.8, 4) is 5.75 Å². The van der Waals surface area contributed by atoms with E-state index in [1.807, 2.05) is 47.4 Å². The van der Waals surface area contributed by atoms with Crippen molar-refractivity contribution in [1.82, 2.24) is 9.88 Å². The Bertz CT molecular complexity index is 896. The minimum Gasteiger partial charge on any atom is -0.489 e. The quantitative estimate of drug-likeness (QED) is 0.697. The predicted molar refractivity (Wildman–Crippen MR) is 124 cm³/mol. The maximum absolute atomic E-state index is 13.0. The Labute approximate surface area is 190 Å². The number of benzene rings is 1. The van der Waals surface area contributed by atoms with Crippen molar-refractivity contribution in [2.75, 3.05) is 25.0 Å². The van der Waals surface area contributed by atoms with E-state index in [0.717, 1.165) is 18.4 Å². The van der Waals surface area contributed by atoms with Crippen molar-refractivity contribution >= 4 is 17.6 Å². The maximum atomic E-state index is 13.0. The Kier molecular flexibility index (Phi) is 7.75. The van der Waals surface area contributed by atoms with Gasteiger partial charge in [0.2, 0.25) is 11.8 Å². The Morgan fingerprint density at radius 2 is 1.81 bits per heavy atom. The largest absolute Gasteiger partial charge is 0.489 e.